The number of aryl methyl sites for hydroxylation is 1. The van der Waals surface area contributed by atoms with Crippen molar-refractivity contribution in [2.75, 3.05) is 46.3 Å². The number of nitrogens with one attached hydrogen (secondary N) is 7. The normalized spacial score (nSPS) is 13.7. The van der Waals surface area contributed by atoms with Crippen LogP contribution in [0.2, 0.25) is 0 Å². The minimum atomic E-state index is -0.649. The molecule has 646 valence electrons. The largest absolute Gasteiger partial charge is 0.504 e. The van der Waals surface area contributed by atoms with E-state index in [0.29, 0.717) is 113 Å². The van der Waals surface area contributed by atoms with Gasteiger partial charge in [-0.3, -0.25) is 38.4 Å². The average molecular weight is 1650 g/mol. The lowest BCUT2D eigenvalue weighted by atomic mass is 9.97. The van der Waals surface area contributed by atoms with E-state index < -0.39 is 75.5 Å². The maximum Gasteiger partial charge on any atom is 0.256 e. The molecule has 2 saturated heterocycles. The number of aromatic hydroxyl groups is 18. The second-order valence-corrected chi connectivity index (χ2v) is 27.2. The zero-order valence-electron chi connectivity index (χ0n) is 66.4. The van der Waals surface area contributed by atoms with Crippen LogP contribution in [0.1, 0.15) is 138 Å². The SMILES string of the molecule is C=C(C)NCCC(=O)NCCc1ccc(O)c(O)c1O.C=C1CCC(C(=O)NCCc2ccc(O)c(O)c2O)CN1.CC(=O)C1CCCCN1C(=O)CCCc1ccc(O)c(O)c1O.CC[C@H](N)C(=O)N/N=C/c1ccc(O)c(O)c1O.CC[C@H](N)C(=O)NCCc1ccc(O)c(O)c1O.CNC(=O)CCC(=O)Cc1ccc(O)c(O)c1O. The van der Waals surface area contributed by atoms with Gasteiger partial charge in [0.15, 0.2) is 74.8 Å². The van der Waals surface area contributed by atoms with Gasteiger partial charge in [0.05, 0.1) is 30.3 Å². The molecule has 0 aromatic heterocycles. The average Bonchev–Trinajstić information content (AvgIpc) is 0.858. The molecule has 2 unspecified atom stereocenters. The van der Waals surface area contributed by atoms with Crippen LogP contribution in [0.15, 0.2) is 102 Å². The molecule has 6 aromatic carbocycles. The van der Waals surface area contributed by atoms with E-state index in [1.165, 1.54) is 86.8 Å². The number of amides is 6. The molecule has 0 bridgehead atoms. The van der Waals surface area contributed by atoms with Gasteiger partial charge in [-0.15, -0.1) is 0 Å². The van der Waals surface area contributed by atoms with Crippen molar-refractivity contribution < 1.29 is 130 Å². The highest BCUT2D eigenvalue weighted by Gasteiger charge is 2.30. The summed E-state index contributed by atoms with van der Waals surface area (Å²) in [5, 5.41) is 189. The number of allylic oxidation sites excluding steroid dienone is 2. The lowest BCUT2D eigenvalue weighted by Crippen LogP contribution is -2.47. The lowest BCUT2D eigenvalue weighted by Gasteiger charge is -2.34. The van der Waals surface area contributed by atoms with Crippen LogP contribution >= 0.6 is 0 Å². The Morgan fingerprint density at radius 3 is 1.38 bits per heavy atom. The Morgan fingerprint density at radius 2 is 0.932 bits per heavy atom. The predicted octanol–water partition coefficient (Wildman–Crippen LogP) is 4.68. The van der Waals surface area contributed by atoms with Gasteiger partial charge in [-0.2, -0.15) is 5.10 Å². The van der Waals surface area contributed by atoms with E-state index in [1.54, 1.807) is 11.8 Å². The van der Waals surface area contributed by atoms with Crippen LogP contribution in [0.25, 0.3) is 0 Å². The minimum Gasteiger partial charge on any atom is -0.504 e. The van der Waals surface area contributed by atoms with E-state index in [0.717, 1.165) is 49.7 Å². The van der Waals surface area contributed by atoms with Crippen molar-refractivity contribution in [2.24, 2.45) is 22.5 Å². The zero-order valence-corrected chi connectivity index (χ0v) is 66.4. The fraction of sp³-hybridized carbons (Fsp3) is 0.395. The van der Waals surface area contributed by atoms with Gasteiger partial charge in [0.2, 0.25) is 64.0 Å². The summed E-state index contributed by atoms with van der Waals surface area (Å²) in [6, 6.07) is 14.8. The number of nitrogens with two attached hydrogens (primary N) is 2. The van der Waals surface area contributed by atoms with Crippen molar-refractivity contribution in [3.63, 3.8) is 0 Å². The predicted molar refractivity (Wildman–Crippen MR) is 433 cm³/mol. The van der Waals surface area contributed by atoms with Crippen LogP contribution in [0.5, 0.6) is 103 Å². The van der Waals surface area contributed by atoms with E-state index in [4.69, 9.17) is 26.8 Å². The number of hydrogen-bond acceptors (Lipinski definition) is 31. The molecule has 2 aliphatic rings. The van der Waals surface area contributed by atoms with Crippen LogP contribution in [0, 0.1) is 5.92 Å². The summed E-state index contributed by atoms with van der Waals surface area (Å²) < 4.78 is 0. The fourth-order valence-corrected chi connectivity index (χ4v) is 11.0. The minimum absolute atomic E-state index is 0.0270. The number of phenols is 18. The smallest absolute Gasteiger partial charge is 0.256 e. The van der Waals surface area contributed by atoms with Crippen molar-refractivity contribution in [1.29, 1.82) is 0 Å². The van der Waals surface area contributed by atoms with Crippen LogP contribution in [-0.4, -0.2) is 214 Å². The Kier molecular flexibility index (Phi) is 41.9. The quantitative estimate of drug-likeness (QED) is 0.0165. The Labute approximate surface area is 681 Å². The lowest BCUT2D eigenvalue weighted by molar-refractivity contribution is -0.140. The molecule has 29 N–H and O–H groups in total. The van der Waals surface area contributed by atoms with Crippen LogP contribution in [0.4, 0.5) is 0 Å². The van der Waals surface area contributed by atoms with Gasteiger partial charge in [0.1, 0.15) is 5.78 Å². The molecule has 37 nitrogen and oxygen atoms in total. The summed E-state index contributed by atoms with van der Waals surface area (Å²) in [5.41, 5.74) is 17.2. The molecule has 6 amide bonds. The number of hydrogen-bond donors (Lipinski definition) is 27. The number of likely N-dealkylation sites (tertiary alicyclic amines) is 1. The Bertz CT molecular complexity index is 4450. The molecule has 2 fully saturated rings. The Morgan fingerprint density at radius 1 is 0.500 bits per heavy atom. The molecule has 0 saturated carbocycles. The number of benzene rings is 6. The van der Waals surface area contributed by atoms with Gasteiger partial charge in [-0.25, -0.2) is 5.43 Å². The van der Waals surface area contributed by atoms with Crippen molar-refractivity contribution in [3.05, 3.63) is 131 Å². The molecule has 118 heavy (non-hydrogen) atoms. The number of hydrazone groups is 1. The summed E-state index contributed by atoms with van der Waals surface area (Å²) in [6.07, 6.45) is 8.99. The molecule has 8 rings (SSSR count). The molecule has 6 aromatic rings. The van der Waals surface area contributed by atoms with E-state index in [1.807, 2.05) is 13.8 Å². The van der Waals surface area contributed by atoms with Crippen molar-refractivity contribution >= 4 is 53.2 Å². The number of carbonyl (C=O) groups excluding carboxylic acids is 8. The van der Waals surface area contributed by atoms with E-state index in [-0.39, 0.29) is 136 Å². The molecule has 4 atom stereocenters. The molecule has 2 aliphatic heterocycles. The van der Waals surface area contributed by atoms with Crippen molar-refractivity contribution in [3.8, 4) is 103 Å². The van der Waals surface area contributed by atoms with Crippen LogP contribution in [0.3, 0.4) is 0 Å². The van der Waals surface area contributed by atoms with Gasteiger partial charge in [-0.05, 0) is 156 Å². The van der Waals surface area contributed by atoms with Gasteiger partial charge < -0.3 is 140 Å². The molecule has 37 heteroatoms. The first-order valence-corrected chi connectivity index (χ1v) is 37.6. The maximum atomic E-state index is 12.3. The van der Waals surface area contributed by atoms with E-state index in [9.17, 15) is 115 Å². The number of carbonyl (C=O) groups is 8. The van der Waals surface area contributed by atoms with Gasteiger partial charge in [0, 0.05) is 101 Å². The summed E-state index contributed by atoms with van der Waals surface area (Å²) in [5.74, 6) is -9.71. The first kappa shape index (κ1) is 98.7. The summed E-state index contributed by atoms with van der Waals surface area (Å²) in [4.78, 5) is 94.2. The van der Waals surface area contributed by atoms with E-state index >= 15 is 0 Å². The second-order valence-electron chi connectivity index (χ2n) is 27.2. The van der Waals surface area contributed by atoms with Gasteiger partial charge in [0.25, 0.3) is 5.91 Å². The van der Waals surface area contributed by atoms with Crippen LogP contribution < -0.4 is 48.8 Å². The molecular formula is C81H111N11O26. The molecule has 0 spiro atoms. The summed E-state index contributed by atoms with van der Waals surface area (Å²) >= 11 is 0. The Hall–Kier alpha value is -13.5. The van der Waals surface area contributed by atoms with Gasteiger partial charge in [-0.1, -0.05) is 57.3 Å². The number of phenolic OH excluding ortho intramolecular Hbond substituents is 18. The highest BCUT2D eigenvalue weighted by molar-refractivity contribution is 5.89. The molecular weight excluding hydrogens is 1540 g/mol. The summed E-state index contributed by atoms with van der Waals surface area (Å²) in [6.45, 7) is 17.1. The third-order valence-electron chi connectivity index (χ3n) is 18.2. The van der Waals surface area contributed by atoms with Gasteiger partial charge >= 0.3 is 0 Å². The highest BCUT2D eigenvalue weighted by Crippen LogP contribution is 2.42. The monoisotopic (exact) mass is 1650 g/mol. The van der Waals surface area contributed by atoms with Crippen LogP contribution in [-0.2, 0) is 70.5 Å². The first-order valence-electron chi connectivity index (χ1n) is 37.6. The van der Waals surface area contributed by atoms with Crippen molar-refractivity contribution in [2.45, 2.75) is 155 Å². The third-order valence-corrected chi connectivity index (χ3v) is 18.2. The third kappa shape index (κ3) is 32.4. The topological polar surface area (TPSA) is 653 Å². The highest BCUT2D eigenvalue weighted by atomic mass is 16.4. The summed E-state index contributed by atoms with van der Waals surface area (Å²) in [7, 11) is 1.48. The Balaban J connectivity index is 0.000000367. The van der Waals surface area contributed by atoms with E-state index in [2.05, 4.69) is 55.6 Å². The maximum absolute atomic E-state index is 12.3. The number of nitrogens with zero attached hydrogens (tertiary/aromatic N) is 2. The second kappa shape index (κ2) is 50.0. The zero-order chi connectivity index (χ0) is 88.6. The molecule has 2 heterocycles. The number of rotatable bonds is 30. The number of Topliss-reactive ketones (excluding diaryl/α,β-unsaturated/α-hetero) is 2. The number of ketones is 2. The first-order chi connectivity index (χ1) is 55.7. The number of piperidine rings is 2. The standard InChI is InChI=1S/C17H23NO5.C15H20N2O4.C14H20N2O4.C12H18N2O4.C12H15NO5.C11H15N3O4/c1-11(19)13-6-2-3-10-18(13)15(21)7-4-5-12-8-9-14(20)17(23)16(12)22;1-9-2-3-11(8-17-9)15(21)16-7-6-10-4-5-12(18)14(20)13(10)19;1-9(2)15-8-6-12(18)16-7-5-10-3-4-11(17)14(20)13(10)19;1-2-8(13)12(18)14-6-5-7-3-4-9(15)11(17)10(7)16;1-13-10(16)5-3-8(14)6-7-2-4-9(15)12(18)11(7)17;1-2-7(12)11(18)14-13-5-6-3-4-8(15)10(17)9(6)16/h8-9,13,20,22-23H,2-7,10H2,1H3;4-5,11,17-20H,1-3,6-8H2,(H,16,21);3-4,15,17,19-20H,1,5-8H2,2H3,(H,16,18);3-4,8,15-17H,2,5-6,13H2,1H3,(H,14,18);2,4,15,17-18H,3,5-6H2,1H3,(H,13,16);3-5,7,15-17H,2,12H2,1H3,(H,14,18)/b;;;;;13-5+/t;;;8-;;7-/m...0.0/s1. The fourth-order valence-electron chi connectivity index (χ4n) is 11.0. The molecule has 0 aliphatic carbocycles. The van der Waals surface area contributed by atoms with Crippen molar-refractivity contribution in [1.82, 2.24) is 42.2 Å². The molecule has 0 radical (unpaired) electrons.